The van der Waals surface area contributed by atoms with Crippen LogP contribution in [0.15, 0.2) is 28.7 Å². The lowest BCUT2D eigenvalue weighted by atomic mass is 10.1. The fourth-order valence-electron chi connectivity index (χ4n) is 0.828. The Hall–Kier alpha value is 0.140. The van der Waals surface area contributed by atoms with Crippen LogP contribution < -0.4 is 0 Å². The second kappa shape index (κ2) is 4.24. The maximum absolute atomic E-state index is 9.43. The number of aliphatic hydroxyl groups is 1. The van der Waals surface area contributed by atoms with Crippen molar-refractivity contribution in [1.82, 2.24) is 0 Å². The molecule has 1 nitrogen and oxygen atoms in total. The van der Waals surface area contributed by atoms with Crippen LogP contribution in [-0.2, 0) is 0 Å². The van der Waals surface area contributed by atoms with Crippen LogP contribution in [0.1, 0.15) is 11.7 Å². The first-order chi connectivity index (χ1) is 5.25. The third-order valence-electron chi connectivity index (χ3n) is 1.41. The van der Waals surface area contributed by atoms with E-state index < -0.39 is 6.10 Å². The quantitative estimate of drug-likeness (QED) is 0.826. The topological polar surface area (TPSA) is 20.2 Å². The van der Waals surface area contributed by atoms with Crippen molar-refractivity contribution >= 4 is 31.9 Å². The molecule has 60 valence electrons. The molecule has 0 aliphatic rings. The highest BCUT2D eigenvalue weighted by Crippen LogP contribution is 2.23. The van der Waals surface area contributed by atoms with Crippen molar-refractivity contribution in [3.63, 3.8) is 0 Å². The lowest BCUT2D eigenvalue weighted by molar-refractivity contribution is 0.204. The van der Waals surface area contributed by atoms with Crippen molar-refractivity contribution in [3.8, 4) is 0 Å². The molecule has 0 aromatic heterocycles. The molecule has 1 aromatic rings. The molecule has 0 bridgehead atoms. The second-order valence-corrected chi connectivity index (χ2v) is 3.69. The number of aliphatic hydroxyl groups excluding tert-OH is 1. The van der Waals surface area contributed by atoms with Crippen molar-refractivity contribution in [2.75, 3.05) is 5.33 Å². The molecule has 1 aromatic carbocycles. The monoisotopic (exact) mass is 278 g/mol. The highest BCUT2D eigenvalue weighted by atomic mass is 79.9. The predicted molar refractivity (Wildman–Crippen MR) is 52.9 cm³/mol. The molecular formula is C8H8Br2O. The molecule has 1 rings (SSSR count). The van der Waals surface area contributed by atoms with Gasteiger partial charge < -0.3 is 5.11 Å². The van der Waals surface area contributed by atoms with E-state index in [1.165, 1.54) is 0 Å². The summed E-state index contributed by atoms with van der Waals surface area (Å²) in [6, 6.07) is 7.65. The molecule has 0 aliphatic heterocycles. The summed E-state index contributed by atoms with van der Waals surface area (Å²) in [5.41, 5.74) is 0.921. The molecule has 0 saturated carbocycles. The third kappa shape index (κ3) is 2.29. The first-order valence-electron chi connectivity index (χ1n) is 3.24. The normalized spacial score (nSPS) is 13.0. The molecule has 0 radical (unpaired) electrons. The lowest BCUT2D eigenvalue weighted by Crippen LogP contribution is -1.98. The minimum atomic E-state index is -0.425. The highest BCUT2D eigenvalue weighted by Gasteiger charge is 2.07. The van der Waals surface area contributed by atoms with Gasteiger partial charge in [-0.2, -0.15) is 0 Å². The Morgan fingerprint density at radius 1 is 1.36 bits per heavy atom. The summed E-state index contributed by atoms with van der Waals surface area (Å²) in [7, 11) is 0. The Kier molecular flexibility index (Phi) is 3.55. The Labute approximate surface area is 82.7 Å². The first kappa shape index (κ1) is 9.23. The molecule has 0 fully saturated rings. The predicted octanol–water partition coefficient (Wildman–Crippen LogP) is 2.88. The number of benzene rings is 1. The average molecular weight is 280 g/mol. The van der Waals surface area contributed by atoms with Gasteiger partial charge in [-0.1, -0.05) is 50.1 Å². The van der Waals surface area contributed by atoms with Crippen LogP contribution in [0.4, 0.5) is 0 Å². The summed E-state index contributed by atoms with van der Waals surface area (Å²) >= 11 is 6.57. The number of hydrogen-bond donors (Lipinski definition) is 1. The van der Waals surface area contributed by atoms with E-state index in [2.05, 4.69) is 31.9 Å². The first-order valence-corrected chi connectivity index (χ1v) is 5.15. The molecule has 1 atom stereocenters. The van der Waals surface area contributed by atoms with E-state index in [0.29, 0.717) is 5.33 Å². The minimum absolute atomic E-state index is 0.425. The van der Waals surface area contributed by atoms with Crippen molar-refractivity contribution in [3.05, 3.63) is 34.3 Å². The number of hydrogen-bond acceptors (Lipinski definition) is 1. The van der Waals surface area contributed by atoms with Gasteiger partial charge in [0.1, 0.15) is 0 Å². The van der Waals surface area contributed by atoms with Gasteiger partial charge in [0.2, 0.25) is 0 Å². The van der Waals surface area contributed by atoms with E-state index in [4.69, 9.17) is 0 Å². The minimum Gasteiger partial charge on any atom is -0.388 e. The van der Waals surface area contributed by atoms with Gasteiger partial charge in [0.05, 0.1) is 6.10 Å². The van der Waals surface area contributed by atoms with Gasteiger partial charge in [-0.15, -0.1) is 0 Å². The van der Waals surface area contributed by atoms with Crippen LogP contribution >= 0.6 is 31.9 Å². The number of halogens is 2. The van der Waals surface area contributed by atoms with Crippen LogP contribution in [0.5, 0.6) is 0 Å². The van der Waals surface area contributed by atoms with Gasteiger partial charge in [-0.25, -0.2) is 0 Å². The molecular weight excluding hydrogens is 272 g/mol. The second-order valence-electron chi connectivity index (χ2n) is 2.19. The molecule has 0 unspecified atom stereocenters. The van der Waals surface area contributed by atoms with E-state index in [1.807, 2.05) is 24.3 Å². The lowest BCUT2D eigenvalue weighted by Gasteiger charge is -2.08. The van der Waals surface area contributed by atoms with Crippen LogP contribution in [0.3, 0.4) is 0 Å². The average Bonchev–Trinajstić information content (AvgIpc) is 2.04. The van der Waals surface area contributed by atoms with Gasteiger partial charge >= 0.3 is 0 Å². The standard InChI is InChI=1S/C8H8Br2O/c9-5-8(11)6-3-1-2-4-7(6)10/h1-4,8,11H,5H2/t8-/m0/s1. The van der Waals surface area contributed by atoms with Crippen LogP contribution in [-0.4, -0.2) is 10.4 Å². The van der Waals surface area contributed by atoms with Crippen molar-refractivity contribution in [1.29, 1.82) is 0 Å². The molecule has 0 aliphatic carbocycles. The van der Waals surface area contributed by atoms with E-state index >= 15 is 0 Å². The smallest absolute Gasteiger partial charge is 0.0897 e. The molecule has 0 saturated heterocycles. The SMILES string of the molecule is O[C@@H](CBr)c1ccccc1Br. The maximum atomic E-state index is 9.43. The van der Waals surface area contributed by atoms with Gasteiger partial charge in [-0.05, 0) is 11.6 Å². The van der Waals surface area contributed by atoms with Crippen LogP contribution in [0.2, 0.25) is 0 Å². The van der Waals surface area contributed by atoms with Gasteiger partial charge in [0.15, 0.2) is 0 Å². The van der Waals surface area contributed by atoms with Gasteiger partial charge in [-0.3, -0.25) is 0 Å². The number of alkyl halides is 1. The van der Waals surface area contributed by atoms with E-state index in [9.17, 15) is 5.11 Å². The zero-order chi connectivity index (χ0) is 8.27. The Morgan fingerprint density at radius 2 is 2.00 bits per heavy atom. The van der Waals surface area contributed by atoms with Crippen molar-refractivity contribution < 1.29 is 5.11 Å². The Bertz CT molecular complexity index is 237. The molecule has 3 heteroatoms. The maximum Gasteiger partial charge on any atom is 0.0897 e. The Balaban J connectivity index is 2.93. The Morgan fingerprint density at radius 3 is 2.55 bits per heavy atom. The van der Waals surface area contributed by atoms with Gasteiger partial charge in [0.25, 0.3) is 0 Å². The van der Waals surface area contributed by atoms with Gasteiger partial charge in [0, 0.05) is 9.80 Å². The van der Waals surface area contributed by atoms with Crippen LogP contribution in [0, 0.1) is 0 Å². The fourth-order valence-corrected chi connectivity index (χ4v) is 1.73. The summed E-state index contributed by atoms with van der Waals surface area (Å²) in [6.07, 6.45) is -0.425. The summed E-state index contributed by atoms with van der Waals surface area (Å²) in [5, 5.41) is 10.00. The molecule has 11 heavy (non-hydrogen) atoms. The number of rotatable bonds is 2. The third-order valence-corrected chi connectivity index (χ3v) is 2.75. The van der Waals surface area contributed by atoms with Crippen molar-refractivity contribution in [2.45, 2.75) is 6.10 Å². The zero-order valence-electron chi connectivity index (χ0n) is 5.80. The van der Waals surface area contributed by atoms with Crippen LogP contribution in [0.25, 0.3) is 0 Å². The summed E-state index contributed by atoms with van der Waals surface area (Å²) in [4.78, 5) is 0. The molecule has 0 spiro atoms. The molecule has 0 amide bonds. The largest absolute Gasteiger partial charge is 0.388 e. The summed E-state index contributed by atoms with van der Waals surface area (Å²) in [6.45, 7) is 0. The van der Waals surface area contributed by atoms with Crippen molar-refractivity contribution in [2.24, 2.45) is 0 Å². The fraction of sp³-hybridized carbons (Fsp3) is 0.250. The van der Waals surface area contributed by atoms with E-state index in [1.54, 1.807) is 0 Å². The van der Waals surface area contributed by atoms with E-state index in [0.717, 1.165) is 10.0 Å². The zero-order valence-corrected chi connectivity index (χ0v) is 8.97. The van der Waals surface area contributed by atoms with E-state index in [-0.39, 0.29) is 0 Å². The summed E-state index contributed by atoms with van der Waals surface area (Å²) < 4.78 is 0.951. The molecule has 1 N–H and O–H groups in total. The molecule has 0 heterocycles. The highest BCUT2D eigenvalue weighted by molar-refractivity contribution is 9.10. The summed E-state index contributed by atoms with van der Waals surface area (Å²) in [5.74, 6) is 0.